The van der Waals surface area contributed by atoms with Crippen molar-refractivity contribution in [3.05, 3.63) is 28.8 Å². The Balaban J connectivity index is 2.05. The molecule has 1 aliphatic rings. The normalized spacial score (nSPS) is 16.0. The van der Waals surface area contributed by atoms with Crippen LogP contribution in [-0.4, -0.2) is 48.7 Å². The molecule has 138 valence electrons. The molecule has 0 spiro atoms. The van der Waals surface area contributed by atoms with Gasteiger partial charge in [-0.3, -0.25) is 4.79 Å². The number of rotatable bonds is 4. The fraction of sp³-hybridized carbons (Fsp3) is 0.579. The van der Waals surface area contributed by atoms with E-state index in [1.54, 1.807) is 0 Å². The van der Waals surface area contributed by atoms with Crippen molar-refractivity contribution in [2.45, 2.75) is 40.2 Å². The van der Waals surface area contributed by atoms with E-state index in [-0.39, 0.29) is 11.9 Å². The lowest BCUT2D eigenvalue weighted by Crippen LogP contribution is -2.46. The van der Waals surface area contributed by atoms with E-state index in [0.717, 1.165) is 55.1 Å². The van der Waals surface area contributed by atoms with Gasteiger partial charge in [0.05, 0.1) is 19.6 Å². The van der Waals surface area contributed by atoms with Crippen molar-refractivity contribution in [2.75, 3.05) is 26.7 Å². The molecule has 25 heavy (non-hydrogen) atoms. The number of benzene rings is 1. The molecule has 1 aromatic rings. The zero-order valence-corrected chi connectivity index (χ0v) is 15.6. The Kier molecular flexibility index (Phi) is 6.67. The van der Waals surface area contributed by atoms with Crippen LogP contribution in [0.4, 0.5) is 0 Å². The molecule has 0 aromatic heterocycles. The molecule has 1 aromatic carbocycles. The number of aliphatic imine (C=N–C) groups is 1. The van der Waals surface area contributed by atoms with E-state index in [2.05, 4.69) is 10.2 Å². The van der Waals surface area contributed by atoms with Gasteiger partial charge in [-0.05, 0) is 50.3 Å². The number of hydrogen-bond acceptors (Lipinski definition) is 4. The van der Waals surface area contributed by atoms with Crippen molar-refractivity contribution >= 4 is 11.9 Å². The first kappa shape index (κ1) is 19.1. The molecule has 6 heteroatoms. The van der Waals surface area contributed by atoms with Crippen molar-refractivity contribution in [3.8, 4) is 5.75 Å². The molecule has 0 radical (unpaired) electrons. The number of aromatic hydroxyl groups is 1. The van der Waals surface area contributed by atoms with Gasteiger partial charge in [0.1, 0.15) is 5.75 Å². The van der Waals surface area contributed by atoms with Gasteiger partial charge in [0.2, 0.25) is 0 Å². The molecular formula is C19H29N3O3. The summed E-state index contributed by atoms with van der Waals surface area (Å²) < 4.78 is 4.85. The maximum Gasteiger partial charge on any atom is 0.308 e. The SMILES string of the molecule is CCNC(=NCc1cc(C)c(O)c(C)c1)N1CCC(C(=O)OC)CC1. The standard InChI is InChI=1S/C19H29N3O3/c1-5-20-19(22-8-6-16(7-9-22)18(24)25-4)21-12-15-10-13(2)17(23)14(3)11-15/h10-11,16,23H,5-9,12H2,1-4H3,(H,20,21). The van der Waals surface area contributed by atoms with Crippen molar-refractivity contribution in [1.29, 1.82) is 0 Å². The van der Waals surface area contributed by atoms with E-state index in [1.807, 2.05) is 32.9 Å². The molecule has 0 atom stereocenters. The van der Waals surface area contributed by atoms with Gasteiger partial charge in [-0.25, -0.2) is 4.99 Å². The number of esters is 1. The lowest BCUT2D eigenvalue weighted by atomic mass is 9.97. The number of nitrogens with zero attached hydrogens (tertiary/aromatic N) is 2. The zero-order chi connectivity index (χ0) is 18.4. The minimum Gasteiger partial charge on any atom is -0.507 e. The maximum atomic E-state index is 11.7. The highest BCUT2D eigenvalue weighted by Gasteiger charge is 2.26. The second-order valence-electron chi connectivity index (χ2n) is 6.53. The Morgan fingerprint density at radius 2 is 1.92 bits per heavy atom. The predicted octanol–water partition coefficient (Wildman–Crippen LogP) is 2.36. The van der Waals surface area contributed by atoms with E-state index in [0.29, 0.717) is 12.3 Å². The molecule has 1 fully saturated rings. The third-order valence-electron chi connectivity index (χ3n) is 4.63. The van der Waals surface area contributed by atoms with Gasteiger partial charge in [0.15, 0.2) is 5.96 Å². The third-order valence-corrected chi connectivity index (χ3v) is 4.63. The first-order chi connectivity index (χ1) is 12.0. The smallest absolute Gasteiger partial charge is 0.308 e. The maximum absolute atomic E-state index is 11.7. The molecule has 0 aliphatic carbocycles. The molecule has 6 nitrogen and oxygen atoms in total. The second-order valence-corrected chi connectivity index (χ2v) is 6.53. The van der Waals surface area contributed by atoms with Gasteiger partial charge in [-0.15, -0.1) is 0 Å². The summed E-state index contributed by atoms with van der Waals surface area (Å²) in [7, 11) is 1.45. The van der Waals surface area contributed by atoms with Gasteiger partial charge in [-0.1, -0.05) is 12.1 Å². The lowest BCUT2D eigenvalue weighted by molar-refractivity contribution is -0.146. The van der Waals surface area contributed by atoms with Crippen LogP contribution in [0, 0.1) is 19.8 Å². The van der Waals surface area contributed by atoms with Gasteiger partial charge in [-0.2, -0.15) is 0 Å². The molecule has 1 heterocycles. The summed E-state index contributed by atoms with van der Waals surface area (Å²) in [5.74, 6) is 1.10. The molecule has 0 unspecified atom stereocenters. The van der Waals surface area contributed by atoms with Crippen molar-refractivity contribution in [1.82, 2.24) is 10.2 Å². The number of piperidine rings is 1. The van der Waals surface area contributed by atoms with Crippen molar-refractivity contribution in [3.63, 3.8) is 0 Å². The third kappa shape index (κ3) is 4.87. The fourth-order valence-electron chi connectivity index (χ4n) is 3.22. The number of hydrogen-bond donors (Lipinski definition) is 2. The predicted molar refractivity (Wildman–Crippen MR) is 98.7 cm³/mol. The molecule has 0 amide bonds. The highest BCUT2D eigenvalue weighted by Crippen LogP contribution is 2.23. The quantitative estimate of drug-likeness (QED) is 0.497. The summed E-state index contributed by atoms with van der Waals surface area (Å²) in [6, 6.07) is 3.94. The Bertz CT molecular complexity index is 612. The summed E-state index contributed by atoms with van der Waals surface area (Å²) >= 11 is 0. The van der Waals surface area contributed by atoms with Crippen LogP contribution in [0.25, 0.3) is 0 Å². The average molecular weight is 347 g/mol. The number of ether oxygens (including phenoxy) is 1. The van der Waals surface area contributed by atoms with Crippen molar-refractivity contribution in [2.24, 2.45) is 10.9 Å². The molecule has 2 rings (SSSR count). The van der Waals surface area contributed by atoms with Gasteiger partial charge in [0.25, 0.3) is 0 Å². The van der Waals surface area contributed by atoms with Gasteiger partial charge < -0.3 is 20.1 Å². The molecular weight excluding hydrogens is 318 g/mol. The van der Waals surface area contributed by atoms with Crippen LogP contribution in [-0.2, 0) is 16.1 Å². The molecule has 0 bridgehead atoms. The summed E-state index contributed by atoms with van der Waals surface area (Å²) in [5, 5.41) is 13.2. The monoisotopic (exact) mass is 347 g/mol. The lowest BCUT2D eigenvalue weighted by Gasteiger charge is -2.33. The van der Waals surface area contributed by atoms with E-state index < -0.39 is 0 Å². The minimum atomic E-state index is -0.114. The van der Waals surface area contributed by atoms with Gasteiger partial charge >= 0.3 is 5.97 Å². The van der Waals surface area contributed by atoms with Crippen LogP contribution in [0.5, 0.6) is 5.75 Å². The van der Waals surface area contributed by atoms with Crippen LogP contribution in [0.15, 0.2) is 17.1 Å². The summed E-state index contributed by atoms with van der Waals surface area (Å²) in [6.45, 7) is 8.78. The summed E-state index contributed by atoms with van der Waals surface area (Å²) in [6.07, 6.45) is 1.57. The number of guanidine groups is 1. The largest absolute Gasteiger partial charge is 0.507 e. The summed E-state index contributed by atoms with van der Waals surface area (Å²) in [5.41, 5.74) is 2.82. The molecule has 1 aliphatic heterocycles. The molecule has 1 saturated heterocycles. The van der Waals surface area contributed by atoms with Crippen LogP contribution in [0.2, 0.25) is 0 Å². The number of methoxy groups -OCH3 is 1. The first-order valence-corrected chi connectivity index (χ1v) is 8.86. The van der Waals surface area contributed by atoms with Crippen molar-refractivity contribution < 1.29 is 14.6 Å². The Morgan fingerprint density at radius 3 is 2.44 bits per heavy atom. The zero-order valence-electron chi connectivity index (χ0n) is 15.6. The van der Waals surface area contributed by atoms with E-state index in [1.165, 1.54) is 7.11 Å². The Hall–Kier alpha value is -2.24. The van der Waals surface area contributed by atoms with Crippen LogP contribution in [0.1, 0.15) is 36.5 Å². The van der Waals surface area contributed by atoms with Crippen LogP contribution in [0.3, 0.4) is 0 Å². The van der Waals surface area contributed by atoms with E-state index in [4.69, 9.17) is 9.73 Å². The average Bonchev–Trinajstić information content (AvgIpc) is 2.62. The topological polar surface area (TPSA) is 74.2 Å². The van der Waals surface area contributed by atoms with Gasteiger partial charge in [0, 0.05) is 19.6 Å². The second kappa shape index (κ2) is 8.74. The molecule has 0 saturated carbocycles. The Morgan fingerprint density at radius 1 is 1.32 bits per heavy atom. The van der Waals surface area contributed by atoms with E-state index >= 15 is 0 Å². The highest BCUT2D eigenvalue weighted by atomic mass is 16.5. The fourth-order valence-corrected chi connectivity index (χ4v) is 3.22. The molecule has 2 N–H and O–H groups in total. The first-order valence-electron chi connectivity index (χ1n) is 8.86. The number of phenolic OH excluding ortho intramolecular Hbond substituents is 1. The number of nitrogens with one attached hydrogen (secondary N) is 1. The van der Waals surface area contributed by atoms with Crippen LogP contribution < -0.4 is 5.32 Å². The minimum absolute atomic E-state index is 0.00785. The van der Waals surface area contributed by atoms with Crippen LogP contribution >= 0.6 is 0 Å². The van der Waals surface area contributed by atoms with E-state index in [9.17, 15) is 9.90 Å². The number of aryl methyl sites for hydroxylation is 2. The number of phenols is 1. The summed E-state index contributed by atoms with van der Waals surface area (Å²) in [4.78, 5) is 18.6. The Labute approximate surface area is 149 Å². The number of carbonyl (C=O) groups excluding carboxylic acids is 1. The highest BCUT2D eigenvalue weighted by molar-refractivity contribution is 5.80. The number of carbonyl (C=O) groups is 1. The number of likely N-dealkylation sites (tertiary alicyclic amines) is 1.